The summed E-state index contributed by atoms with van der Waals surface area (Å²) in [6, 6.07) is 3.94. The first-order valence-electron chi connectivity index (χ1n) is 5.06. The second-order valence-electron chi connectivity index (χ2n) is 3.29. The van der Waals surface area contributed by atoms with Crippen LogP contribution in [0.15, 0.2) is 22.7 Å². The van der Waals surface area contributed by atoms with Crippen LogP contribution in [0.3, 0.4) is 0 Å². The van der Waals surface area contributed by atoms with E-state index in [1.54, 1.807) is 11.3 Å². The molecule has 90 valence electrons. The Bertz CT molecular complexity index is 481. The second kappa shape index (κ2) is 5.83. The molecule has 0 atom stereocenters. The van der Waals surface area contributed by atoms with Crippen molar-refractivity contribution in [2.45, 2.75) is 18.0 Å². The van der Waals surface area contributed by atoms with Crippen molar-refractivity contribution in [2.75, 3.05) is 5.75 Å². The van der Waals surface area contributed by atoms with Crippen molar-refractivity contribution in [1.82, 2.24) is 15.2 Å². The minimum Gasteiger partial charge on any atom is -0.481 e. The van der Waals surface area contributed by atoms with E-state index in [9.17, 15) is 4.79 Å². The molecule has 5 nitrogen and oxygen atoms in total. The summed E-state index contributed by atoms with van der Waals surface area (Å²) in [4.78, 5) is 15.7. The van der Waals surface area contributed by atoms with Crippen molar-refractivity contribution < 1.29 is 9.90 Å². The third-order valence-electron chi connectivity index (χ3n) is 1.99. The molecule has 2 rings (SSSR count). The van der Waals surface area contributed by atoms with Gasteiger partial charge in [-0.25, -0.2) is 4.98 Å². The fourth-order valence-electron chi connectivity index (χ4n) is 1.22. The first kappa shape index (κ1) is 12.1. The number of carboxylic acid groups (broad SMARTS) is 1. The second-order valence-corrected chi connectivity index (χ2v) is 5.30. The largest absolute Gasteiger partial charge is 0.481 e. The van der Waals surface area contributed by atoms with E-state index in [-0.39, 0.29) is 6.42 Å². The van der Waals surface area contributed by atoms with Crippen LogP contribution >= 0.6 is 23.1 Å². The molecule has 0 amide bonds. The molecule has 2 heterocycles. The maximum atomic E-state index is 10.3. The summed E-state index contributed by atoms with van der Waals surface area (Å²) in [5.41, 5.74) is 0. The van der Waals surface area contributed by atoms with Gasteiger partial charge in [0, 0.05) is 12.2 Å². The quantitative estimate of drug-likeness (QED) is 0.622. The number of thiophene rings is 1. The molecular weight excluding hydrogens is 258 g/mol. The van der Waals surface area contributed by atoms with Crippen molar-refractivity contribution in [3.63, 3.8) is 0 Å². The lowest BCUT2D eigenvalue weighted by molar-refractivity contribution is -0.137. The molecule has 0 aliphatic carbocycles. The smallest absolute Gasteiger partial charge is 0.303 e. The molecule has 0 aliphatic rings. The zero-order valence-electron chi connectivity index (χ0n) is 8.92. The van der Waals surface area contributed by atoms with E-state index in [1.807, 2.05) is 17.5 Å². The highest BCUT2D eigenvalue weighted by molar-refractivity contribution is 7.99. The van der Waals surface area contributed by atoms with Gasteiger partial charge in [0.25, 0.3) is 0 Å². The normalized spacial score (nSPS) is 10.6. The molecule has 0 fully saturated rings. The molecular formula is C10H11N3O2S2. The SMILES string of the molecule is O=C(O)CCCSc1n[nH]c(-c2cccs2)n1. The van der Waals surface area contributed by atoms with E-state index >= 15 is 0 Å². The molecule has 0 saturated carbocycles. The van der Waals surface area contributed by atoms with Gasteiger partial charge in [-0.2, -0.15) is 0 Å². The maximum absolute atomic E-state index is 10.3. The highest BCUT2D eigenvalue weighted by Gasteiger charge is 2.06. The number of carboxylic acids is 1. The highest BCUT2D eigenvalue weighted by Crippen LogP contribution is 2.23. The van der Waals surface area contributed by atoms with Gasteiger partial charge in [0.15, 0.2) is 5.82 Å². The van der Waals surface area contributed by atoms with E-state index in [0.29, 0.717) is 17.3 Å². The lowest BCUT2D eigenvalue weighted by Gasteiger charge is -1.93. The number of hydrogen-bond acceptors (Lipinski definition) is 5. The van der Waals surface area contributed by atoms with Crippen LogP contribution in [0.2, 0.25) is 0 Å². The number of carbonyl (C=O) groups is 1. The van der Waals surface area contributed by atoms with E-state index in [2.05, 4.69) is 15.2 Å². The number of aliphatic carboxylic acids is 1. The first-order chi connectivity index (χ1) is 8.25. The Hall–Kier alpha value is -1.34. The fourth-order valence-corrected chi connectivity index (χ4v) is 2.62. The molecule has 0 radical (unpaired) electrons. The molecule has 2 aromatic rings. The molecule has 2 aromatic heterocycles. The Morgan fingerprint density at radius 2 is 2.47 bits per heavy atom. The summed E-state index contributed by atoms with van der Waals surface area (Å²) < 4.78 is 0. The zero-order chi connectivity index (χ0) is 12.1. The summed E-state index contributed by atoms with van der Waals surface area (Å²) in [5, 5.41) is 18.1. The summed E-state index contributed by atoms with van der Waals surface area (Å²) in [5.74, 6) is 0.717. The zero-order valence-corrected chi connectivity index (χ0v) is 10.6. The molecule has 7 heteroatoms. The average Bonchev–Trinajstić information content (AvgIpc) is 2.94. The van der Waals surface area contributed by atoms with Crippen molar-refractivity contribution in [3.05, 3.63) is 17.5 Å². The van der Waals surface area contributed by atoms with Crippen LogP contribution in [-0.2, 0) is 4.79 Å². The molecule has 0 aliphatic heterocycles. The van der Waals surface area contributed by atoms with Gasteiger partial charge in [0.05, 0.1) is 4.88 Å². The number of H-pyrrole nitrogens is 1. The number of hydrogen-bond donors (Lipinski definition) is 2. The van der Waals surface area contributed by atoms with E-state index < -0.39 is 5.97 Å². The van der Waals surface area contributed by atoms with Gasteiger partial charge < -0.3 is 5.11 Å². The number of aromatic nitrogens is 3. The summed E-state index contributed by atoms with van der Waals surface area (Å²) >= 11 is 3.07. The van der Waals surface area contributed by atoms with Crippen LogP contribution in [0.4, 0.5) is 0 Å². The monoisotopic (exact) mass is 269 g/mol. The minimum atomic E-state index is -0.764. The third kappa shape index (κ3) is 3.57. The number of nitrogens with one attached hydrogen (secondary N) is 1. The van der Waals surface area contributed by atoms with Gasteiger partial charge in [0.2, 0.25) is 5.16 Å². The number of aromatic amines is 1. The topological polar surface area (TPSA) is 78.9 Å². The predicted molar refractivity (Wildman–Crippen MR) is 67.3 cm³/mol. The Kier molecular flexibility index (Phi) is 4.16. The first-order valence-corrected chi connectivity index (χ1v) is 6.93. The molecule has 0 spiro atoms. The van der Waals surface area contributed by atoms with Gasteiger partial charge in [-0.15, -0.1) is 16.4 Å². The van der Waals surface area contributed by atoms with Crippen molar-refractivity contribution >= 4 is 29.1 Å². The number of rotatable bonds is 6. The van der Waals surface area contributed by atoms with E-state index in [0.717, 1.165) is 10.7 Å². The van der Waals surface area contributed by atoms with Crippen LogP contribution in [-0.4, -0.2) is 32.0 Å². The van der Waals surface area contributed by atoms with Gasteiger partial charge in [-0.05, 0) is 17.9 Å². The predicted octanol–water partition coefficient (Wildman–Crippen LogP) is 2.49. The Labute approximate surface area is 106 Å². The minimum absolute atomic E-state index is 0.190. The molecule has 0 aromatic carbocycles. The Balaban J connectivity index is 1.84. The molecule has 2 N–H and O–H groups in total. The van der Waals surface area contributed by atoms with E-state index in [1.165, 1.54) is 11.8 Å². The van der Waals surface area contributed by atoms with Crippen molar-refractivity contribution in [1.29, 1.82) is 0 Å². The third-order valence-corrected chi connectivity index (χ3v) is 3.80. The van der Waals surface area contributed by atoms with Crippen LogP contribution in [0.1, 0.15) is 12.8 Å². The Morgan fingerprint density at radius 1 is 1.59 bits per heavy atom. The van der Waals surface area contributed by atoms with Crippen LogP contribution in [0.5, 0.6) is 0 Å². The van der Waals surface area contributed by atoms with E-state index in [4.69, 9.17) is 5.11 Å². The number of thioether (sulfide) groups is 1. The van der Waals surface area contributed by atoms with Gasteiger partial charge in [0.1, 0.15) is 0 Å². The lowest BCUT2D eigenvalue weighted by atomic mass is 10.3. The average molecular weight is 269 g/mol. The van der Waals surface area contributed by atoms with Crippen LogP contribution in [0, 0.1) is 0 Å². The van der Waals surface area contributed by atoms with Gasteiger partial charge in [-0.1, -0.05) is 17.8 Å². The highest BCUT2D eigenvalue weighted by atomic mass is 32.2. The molecule has 0 unspecified atom stereocenters. The van der Waals surface area contributed by atoms with Gasteiger partial charge in [-0.3, -0.25) is 9.89 Å². The maximum Gasteiger partial charge on any atom is 0.303 e. The summed E-state index contributed by atoms with van der Waals surface area (Å²) in [6.45, 7) is 0. The molecule has 0 saturated heterocycles. The molecule has 17 heavy (non-hydrogen) atoms. The lowest BCUT2D eigenvalue weighted by Crippen LogP contribution is -1.94. The van der Waals surface area contributed by atoms with Gasteiger partial charge >= 0.3 is 5.97 Å². The number of nitrogens with zero attached hydrogens (tertiary/aromatic N) is 2. The van der Waals surface area contributed by atoms with Crippen molar-refractivity contribution in [3.8, 4) is 10.7 Å². The summed E-state index contributed by atoms with van der Waals surface area (Å²) in [6.07, 6.45) is 0.818. The Morgan fingerprint density at radius 3 is 3.18 bits per heavy atom. The van der Waals surface area contributed by atoms with Crippen LogP contribution < -0.4 is 0 Å². The van der Waals surface area contributed by atoms with Crippen LogP contribution in [0.25, 0.3) is 10.7 Å². The fraction of sp³-hybridized carbons (Fsp3) is 0.300. The summed E-state index contributed by atoms with van der Waals surface area (Å²) in [7, 11) is 0. The molecule has 0 bridgehead atoms. The standard InChI is InChI=1S/C10H11N3O2S2/c14-8(15)4-2-6-17-10-11-9(12-13-10)7-3-1-5-16-7/h1,3,5H,2,4,6H2,(H,14,15)(H,11,12,13). The van der Waals surface area contributed by atoms with Crippen molar-refractivity contribution in [2.24, 2.45) is 0 Å².